The average Bonchev–Trinajstić information content (AvgIpc) is 3.19. The largest absolute Gasteiger partial charge is 0.341 e. The summed E-state index contributed by atoms with van der Waals surface area (Å²) in [5, 5.41) is 9.76. The third-order valence-corrected chi connectivity index (χ3v) is 4.69. The standard InChI is InChI=1S/C21H20N2O2S/c24-19(12-11-16-13-14-26-15-16)23-20(17-7-3-1-4-8-17)21(25)22-18-9-5-2-6-10-18/h1-10,13-15,20H,11-12H2,(H,22,25)(H,23,24)/t20-/m1/s1. The molecule has 1 aromatic heterocycles. The molecule has 0 saturated carbocycles. The van der Waals surface area contributed by atoms with Crippen molar-refractivity contribution in [3.8, 4) is 0 Å². The second-order valence-electron chi connectivity index (χ2n) is 5.90. The molecule has 0 bridgehead atoms. The van der Waals surface area contributed by atoms with Gasteiger partial charge in [0.1, 0.15) is 6.04 Å². The van der Waals surface area contributed by atoms with Crippen molar-refractivity contribution in [3.05, 3.63) is 88.6 Å². The molecule has 26 heavy (non-hydrogen) atoms. The van der Waals surface area contributed by atoms with Crippen LogP contribution in [0.4, 0.5) is 5.69 Å². The number of benzene rings is 2. The van der Waals surface area contributed by atoms with E-state index in [1.54, 1.807) is 11.3 Å². The highest BCUT2D eigenvalue weighted by atomic mass is 32.1. The number of thiophene rings is 1. The van der Waals surface area contributed by atoms with E-state index in [1.807, 2.05) is 77.5 Å². The van der Waals surface area contributed by atoms with Gasteiger partial charge in [0.05, 0.1) is 0 Å². The highest BCUT2D eigenvalue weighted by Crippen LogP contribution is 2.17. The van der Waals surface area contributed by atoms with E-state index in [-0.39, 0.29) is 11.8 Å². The number of amides is 2. The lowest BCUT2D eigenvalue weighted by Gasteiger charge is -2.19. The van der Waals surface area contributed by atoms with Gasteiger partial charge in [0.2, 0.25) is 5.91 Å². The maximum atomic E-state index is 12.8. The van der Waals surface area contributed by atoms with Gasteiger partial charge in [-0.3, -0.25) is 9.59 Å². The number of hydrogen-bond acceptors (Lipinski definition) is 3. The number of anilines is 1. The summed E-state index contributed by atoms with van der Waals surface area (Å²) in [5.74, 6) is -0.403. The number of nitrogens with one attached hydrogen (secondary N) is 2. The summed E-state index contributed by atoms with van der Waals surface area (Å²) >= 11 is 1.61. The van der Waals surface area contributed by atoms with Crippen LogP contribution in [0.3, 0.4) is 0 Å². The molecule has 0 spiro atoms. The summed E-state index contributed by atoms with van der Waals surface area (Å²) in [6.45, 7) is 0. The number of aryl methyl sites for hydroxylation is 1. The molecular formula is C21H20N2O2S. The van der Waals surface area contributed by atoms with Crippen LogP contribution in [0.15, 0.2) is 77.5 Å². The highest BCUT2D eigenvalue weighted by molar-refractivity contribution is 7.07. The molecule has 2 N–H and O–H groups in total. The molecule has 0 aliphatic carbocycles. The molecule has 2 aromatic carbocycles. The van der Waals surface area contributed by atoms with Gasteiger partial charge in [0.25, 0.3) is 5.91 Å². The van der Waals surface area contributed by atoms with Crippen molar-refractivity contribution in [2.75, 3.05) is 5.32 Å². The van der Waals surface area contributed by atoms with E-state index < -0.39 is 6.04 Å². The minimum Gasteiger partial charge on any atom is -0.341 e. The van der Waals surface area contributed by atoms with Crippen molar-refractivity contribution in [2.45, 2.75) is 18.9 Å². The van der Waals surface area contributed by atoms with Crippen molar-refractivity contribution in [1.29, 1.82) is 0 Å². The highest BCUT2D eigenvalue weighted by Gasteiger charge is 2.22. The molecule has 0 fully saturated rings. The molecule has 5 heteroatoms. The third kappa shape index (κ3) is 5.04. The summed E-state index contributed by atoms with van der Waals surface area (Å²) in [6, 6.07) is 19.8. The van der Waals surface area contributed by atoms with Gasteiger partial charge in [-0.25, -0.2) is 0 Å². The third-order valence-electron chi connectivity index (χ3n) is 3.96. The number of carbonyl (C=O) groups excluding carboxylic acids is 2. The molecule has 4 nitrogen and oxygen atoms in total. The number of rotatable bonds is 7. The summed E-state index contributed by atoms with van der Waals surface area (Å²) in [7, 11) is 0. The van der Waals surface area contributed by atoms with Gasteiger partial charge in [-0.2, -0.15) is 11.3 Å². The number of hydrogen-bond donors (Lipinski definition) is 2. The van der Waals surface area contributed by atoms with E-state index in [9.17, 15) is 9.59 Å². The molecular weight excluding hydrogens is 344 g/mol. The number of carbonyl (C=O) groups is 2. The lowest BCUT2D eigenvalue weighted by molar-refractivity contribution is -0.126. The first-order chi connectivity index (χ1) is 12.7. The van der Waals surface area contributed by atoms with Crippen LogP contribution >= 0.6 is 11.3 Å². The van der Waals surface area contributed by atoms with Gasteiger partial charge in [-0.05, 0) is 46.5 Å². The van der Waals surface area contributed by atoms with Crippen LogP contribution in [0.25, 0.3) is 0 Å². The van der Waals surface area contributed by atoms with Gasteiger partial charge in [-0.15, -0.1) is 0 Å². The second-order valence-corrected chi connectivity index (χ2v) is 6.68. The summed E-state index contributed by atoms with van der Waals surface area (Å²) in [4.78, 5) is 25.1. The van der Waals surface area contributed by atoms with E-state index in [2.05, 4.69) is 10.6 Å². The van der Waals surface area contributed by atoms with Gasteiger partial charge < -0.3 is 10.6 Å². The Morgan fingerprint density at radius 1 is 0.923 bits per heavy atom. The molecule has 0 aliphatic rings. The fourth-order valence-corrected chi connectivity index (χ4v) is 3.31. The summed E-state index contributed by atoms with van der Waals surface area (Å²) < 4.78 is 0. The Bertz CT molecular complexity index is 833. The maximum absolute atomic E-state index is 12.8. The van der Waals surface area contributed by atoms with E-state index >= 15 is 0 Å². The quantitative estimate of drug-likeness (QED) is 0.661. The van der Waals surface area contributed by atoms with Gasteiger partial charge in [0.15, 0.2) is 0 Å². The lowest BCUT2D eigenvalue weighted by Crippen LogP contribution is -2.37. The fourth-order valence-electron chi connectivity index (χ4n) is 2.61. The smallest absolute Gasteiger partial charge is 0.251 e. The molecule has 0 radical (unpaired) electrons. The molecule has 0 unspecified atom stereocenters. The van der Waals surface area contributed by atoms with Crippen molar-refractivity contribution in [1.82, 2.24) is 5.32 Å². The average molecular weight is 364 g/mol. The summed E-state index contributed by atoms with van der Waals surface area (Å²) in [6.07, 6.45) is 1.01. The van der Waals surface area contributed by atoms with E-state index in [0.717, 1.165) is 11.1 Å². The normalized spacial score (nSPS) is 11.5. The molecule has 3 rings (SSSR count). The van der Waals surface area contributed by atoms with E-state index in [1.165, 1.54) is 0 Å². The van der Waals surface area contributed by atoms with Crippen LogP contribution in [0.1, 0.15) is 23.6 Å². The minimum atomic E-state index is -0.730. The van der Waals surface area contributed by atoms with E-state index in [4.69, 9.17) is 0 Å². The molecule has 1 heterocycles. The SMILES string of the molecule is O=C(CCc1ccsc1)N[C@@H](C(=O)Nc1ccccc1)c1ccccc1. The molecule has 132 valence electrons. The maximum Gasteiger partial charge on any atom is 0.251 e. The predicted molar refractivity (Wildman–Crippen MR) is 105 cm³/mol. The Morgan fingerprint density at radius 2 is 1.62 bits per heavy atom. The Hall–Kier alpha value is -2.92. The van der Waals surface area contributed by atoms with E-state index in [0.29, 0.717) is 18.5 Å². The number of para-hydroxylation sites is 1. The predicted octanol–water partition coefficient (Wildman–Crippen LogP) is 4.18. The molecule has 3 aromatic rings. The zero-order chi connectivity index (χ0) is 18.2. The van der Waals surface area contributed by atoms with Crippen molar-refractivity contribution in [2.24, 2.45) is 0 Å². The van der Waals surface area contributed by atoms with Crippen LogP contribution in [0, 0.1) is 0 Å². The first kappa shape index (κ1) is 17.9. The lowest BCUT2D eigenvalue weighted by atomic mass is 10.1. The van der Waals surface area contributed by atoms with Gasteiger partial charge in [-0.1, -0.05) is 48.5 Å². The zero-order valence-electron chi connectivity index (χ0n) is 14.2. The Morgan fingerprint density at radius 3 is 2.27 bits per heavy atom. The second kappa shape index (κ2) is 8.97. The van der Waals surface area contributed by atoms with Crippen molar-refractivity contribution >= 4 is 28.8 Å². The zero-order valence-corrected chi connectivity index (χ0v) is 15.0. The minimum absolute atomic E-state index is 0.145. The monoisotopic (exact) mass is 364 g/mol. The van der Waals surface area contributed by atoms with Crippen LogP contribution < -0.4 is 10.6 Å². The van der Waals surface area contributed by atoms with Crippen LogP contribution in [0.5, 0.6) is 0 Å². The molecule has 0 aliphatic heterocycles. The van der Waals surface area contributed by atoms with Crippen LogP contribution in [0.2, 0.25) is 0 Å². The Balaban J connectivity index is 1.69. The van der Waals surface area contributed by atoms with Gasteiger partial charge in [0, 0.05) is 12.1 Å². The molecule has 2 amide bonds. The topological polar surface area (TPSA) is 58.2 Å². The Kier molecular flexibility index (Phi) is 6.17. The first-order valence-electron chi connectivity index (χ1n) is 8.43. The Labute approximate surface area is 156 Å². The van der Waals surface area contributed by atoms with Gasteiger partial charge >= 0.3 is 0 Å². The van der Waals surface area contributed by atoms with Crippen molar-refractivity contribution < 1.29 is 9.59 Å². The van der Waals surface area contributed by atoms with Crippen LogP contribution in [-0.2, 0) is 16.0 Å². The first-order valence-corrected chi connectivity index (χ1v) is 9.38. The van der Waals surface area contributed by atoms with Crippen molar-refractivity contribution in [3.63, 3.8) is 0 Å². The molecule has 0 saturated heterocycles. The molecule has 1 atom stereocenters. The summed E-state index contributed by atoms with van der Waals surface area (Å²) in [5.41, 5.74) is 2.59. The van der Waals surface area contributed by atoms with Crippen LogP contribution in [-0.4, -0.2) is 11.8 Å². The fraction of sp³-hybridized carbons (Fsp3) is 0.143.